The van der Waals surface area contributed by atoms with Gasteiger partial charge in [-0.25, -0.2) is 4.39 Å². The van der Waals surface area contributed by atoms with Crippen LogP contribution < -0.4 is 11.1 Å². The van der Waals surface area contributed by atoms with E-state index in [2.05, 4.69) is 5.32 Å². The van der Waals surface area contributed by atoms with Gasteiger partial charge in [-0.2, -0.15) is 0 Å². The number of carbonyl (C=O) groups is 1. The molecule has 1 amide bonds. The van der Waals surface area contributed by atoms with Crippen molar-refractivity contribution in [1.29, 1.82) is 0 Å². The van der Waals surface area contributed by atoms with E-state index in [4.69, 9.17) is 15.2 Å². The van der Waals surface area contributed by atoms with Crippen molar-refractivity contribution in [3.8, 4) is 0 Å². The number of anilines is 1. The maximum atomic E-state index is 12.8. The van der Waals surface area contributed by atoms with E-state index in [1.165, 1.54) is 38.5 Å². The second-order valence-corrected chi connectivity index (χ2v) is 4.00. The largest absolute Gasteiger partial charge is 0.367 e. The third-order valence-electron chi connectivity index (χ3n) is 2.66. The first-order valence-corrected chi connectivity index (χ1v) is 5.33. The molecule has 0 saturated heterocycles. The zero-order valence-corrected chi connectivity index (χ0v) is 10.6. The fourth-order valence-corrected chi connectivity index (χ4v) is 1.64. The van der Waals surface area contributed by atoms with Crippen molar-refractivity contribution >= 4 is 11.6 Å². The average molecular weight is 256 g/mol. The monoisotopic (exact) mass is 256 g/mol. The second-order valence-electron chi connectivity index (χ2n) is 4.00. The predicted molar refractivity (Wildman–Crippen MR) is 65.4 cm³/mol. The summed E-state index contributed by atoms with van der Waals surface area (Å²) < 4.78 is 22.9. The molecule has 100 valence electrons. The van der Waals surface area contributed by atoms with E-state index in [0.29, 0.717) is 5.69 Å². The lowest BCUT2D eigenvalue weighted by Crippen LogP contribution is -2.57. The molecule has 0 spiro atoms. The van der Waals surface area contributed by atoms with Gasteiger partial charge in [0.25, 0.3) is 0 Å². The van der Waals surface area contributed by atoms with E-state index in [-0.39, 0.29) is 5.82 Å². The van der Waals surface area contributed by atoms with Crippen LogP contribution in [0, 0.1) is 5.82 Å². The first-order chi connectivity index (χ1) is 8.43. The van der Waals surface area contributed by atoms with Crippen molar-refractivity contribution < 1.29 is 18.7 Å². The molecule has 3 N–H and O–H groups in total. The van der Waals surface area contributed by atoms with Crippen LogP contribution in [0.15, 0.2) is 24.3 Å². The number of nitrogens with two attached hydrogens (primary N) is 1. The molecule has 0 fully saturated rings. The molecule has 1 unspecified atom stereocenters. The Hall–Kier alpha value is -1.66. The number of hydrogen-bond donors (Lipinski definition) is 2. The smallest absolute Gasteiger partial charge is 0.248 e. The maximum absolute atomic E-state index is 12.8. The minimum absolute atomic E-state index is 0.364. The summed E-state index contributed by atoms with van der Waals surface area (Å²) in [7, 11) is 2.81. The Balaban J connectivity index is 2.99. The Morgan fingerprint density at radius 3 is 2.22 bits per heavy atom. The lowest BCUT2D eigenvalue weighted by Gasteiger charge is -2.34. The van der Waals surface area contributed by atoms with Gasteiger partial charge in [-0.1, -0.05) is 0 Å². The molecule has 1 atom stereocenters. The SMILES string of the molecule is COC(OC)C(C)(Nc1ccc(F)cc1)C(N)=O. The Morgan fingerprint density at radius 2 is 1.83 bits per heavy atom. The van der Waals surface area contributed by atoms with E-state index in [0.717, 1.165) is 0 Å². The summed E-state index contributed by atoms with van der Waals surface area (Å²) in [5, 5.41) is 2.89. The van der Waals surface area contributed by atoms with Gasteiger partial charge >= 0.3 is 0 Å². The minimum atomic E-state index is -1.26. The van der Waals surface area contributed by atoms with E-state index >= 15 is 0 Å². The molecule has 0 heterocycles. The molecular weight excluding hydrogens is 239 g/mol. The zero-order chi connectivity index (χ0) is 13.8. The summed E-state index contributed by atoms with van der Waals surface area (Å²) in [4.78, 5) is 11.6. The van der Waals surface area contributed by atoms with Gasteiger partial charge in [-0.3, -0.25) is 4.79 Å². The summed E-state index contributed by atoms with van der Waals surface area (Å²) in [5.41, 5.74) is 4.64. The molecule has 0 bridgehead atoms. The van der Waals surface area contributed by atoms with Gasteiger partial charge < -0.3 is 20.5 Å². The van der Waals surface area contributed by atoms with Crippen molar-refractivity contribution in [2.24, 2.45) is 5.73 Å². The van der Waals surface area contributed by atoms with Crippen LogP contribution in [0.3, 0.4) is 0 Å². The number of nitrogens with one attached hydrogen (secondary N) is 1. The fraction of sp³-hybridized carbons (Fsp3) is 0.417. The average Bonchev–Trinajstić information content (AvgIpc) is 2.33. The number of hydrogen-bond acceptors (Lipinski definition) is 4. The highest BCUT2D eigenvalue weighted by Gasteiger charge is 2.41. The highest BCUT2D eigenvalue weighted by atomic mass is 19.1. The summed E-state index contributed by atoms with van der Waals surface area (Å²) >= 11 is 0. The second kappa shape index (κ2) is 5.79. The molecule has 0 aliphatic rings. The number of halogens is 1. The summed E-state index contributed by atoms with van der Waals surface area (Å²) in [6, 6.07) is 5.55. The molecule has 5 nitrogen and oxygen atoms in total. The van der Waals surface area contributed by atoms with Crippen LogP contribution in [0.1, 0.15) is 6.92 Å². The van der Waals surface area contributed by atoms with Crippen molar-refractivity contribution in [2.45, 2.75) is 18.8 Å². The number of ether oxygens (including phenoxy) is 2. The molecule has 6 heteroatoms. The maximum Gasteiger partial charge on any atom is 0.248 e. The van der Waals surface area contributed by atoms with Gasteiger partial charge in [0, 0.05) is 19.9 Å². The lowest BCUT2D eigenvalue weighted by atomic mass is 10.00. The Kier molecular flexibility index (Phi) is 4.63. The van der Waals surface area contributed by atoms with E-state index < -0.39 is 17.7 Å². The van der Waals surface area contributed by atoms with Crippen molar-refractivity contribution in [2.75, 3.05) is 19.5 Å². The highest BCUT2D eigenvalue weighted by Crippen LogP contribution is 2.21. The highest BCUT2D eigenvalue weighted by molar-refractivity contribution is 5.88. The van der Waals surface area contributed by atoms with Crippen LogP contribution in [0.2, 0.25) is 0 Å². The standard InChI is InChI=1S/C12H17FN2O3/c1-12(10(14)16,11(17-2)18-3)15-9-6-4-8(13)5-7-9/h4-7,11,15H,1-3H3,(H2,14,16). The molecule has 0 saturated carbocycles. The third-order valence-corrected chi connectivity index (χ3v) is 2.66. The topological polar surface area (TPSA) is 73.6 Å². The Bertz CT molecular complexity index is 406. The van der Waals surface area contributed by atoms with Gasteiger partial charge in [0.1, 0.15) is 5.82 Å². The molecule has 0 aliphatic heterocycles. The van der Waals surface area contributed by atoms with Crippen LogP contribution >= 0.6 is 0 Å². The van der Waals surface area contributed by atoms with Crippen molar-refractivity contribution in [1.82, 2.24) is 0 Å². The van der Waals surface area contributed by atoms with Gasteiger partial charge in [0.15, 0.2) is 11.8 Å². The molecule has 1 aromatic carbocycles. The molecule has 18 heavy (non-hydrogen) atoms. The number of amides is 1. The number of carbonyl (C=O) groups excluding carboxylic acids is 1. The molecular formula is C12H17FN2O3. The number of primary amides is 1. The minimum Gasteiger partial charge on any atom is -0.367 e. The van der Waals surface area contributed by atoms with Gasteiger partial charge in [0.05, 0.1) is 0 Å². The predicted octanol–water partition coefficient (Wildman–Crippen LogP) is 1.10. The summed E-state index contributed by atoms with van der Waals surface area (Å²) in [5.74, 6) is -1.00. The number of rotatable bonds is 6. The Labute approximate surface area is 105 Å². The number of benzene rings is 1. The fourth-order valence-electron chi connectivity index (χ4n) is 1.64. The van der Waals surface area contributed by atoms with Crippen LogP contribution in [-0.2, 0) is 14.3 Å². The van der Waals surface area contributed by atoms with Crippen LogP contribution in [0.25, 0.3) is 0 Å². The van der Waals surface area contributed by atoms with E-state index in [9.17, 15) is 9.18 Å². The number of methoxy groups -OCH3 is 2. The van der Waals surface area contributed by atoms with E-state index in [1.54, 1.807) is 6.92 Å². The summed E-state index contributed by atoms with van der Waals surface area (Å²) in [6.45, 7) is 1.55. The zero-order valence-electron chi connectivity index (χ0n) is 10.6. The van der Waals surface area contributed by atoms with Crippen LogP contribution in [0.5, 0.6) is 0 Å². The van der Waals surface area contributed by atoms with Gasteiger partial charge in [0.2, 0.25) is 5.91 Å². The lowest BCUT2D eigenvalue weighted by molar-refractivity contribution is -0.155. The summed E-state index contributed by atoms with van der Waals surface area (Å²) in [6.07, 6.45) is -0.861. The van der Waals surface area contributed by atoms with Gasteiger partial charge in [-0.15, -0.1) is 0 Å². The first-order valence-electron chi connectivity index (χ1n) is 5.33. The third kappa shape index (κ3) is 2.96. The molecule has 1 rings (SSSR count). The van der Waals surface area contributed by atoms with E-state index in [1.807, 2.05) is 0 Å². The molecule has 0 aromatic heterocycles. The van der Waals surface area contributed by atoms with Crippen LogP contribution in [0.4, 0.5) is 10.1 Å². The Morgan fingerprint density at radius 1 is 1.33 bits per heavy atom. The quantitative estimate of drug-likeness (QED) is 0.747. The van der Waals surface area contributed by atoms with Crippen molar-refractivity contribution in [3.63, 3.8) is 0 Å². The van der Waals surface area contributed by atoms with Crippen molar-refractivity contribution in [3.05, 3.63) is 30.1 Å². The molecule has 0 radical (unpaired) electrons. The molecule has 0 aliphatic carbocycles. The normalized spacial score (nSPS) is 14.3. The van der Waals surface area contributed by atoms with Crippen LogP contribution in [-0.4, -0.2) is 32.0 Å². The molecule has 1 aromatic rings. The first kappa shape index (κ1) is 14.4. The van der Waals surface area contributed by atoms with Gasteiger partial charge in [-0.05, 0) is 31.2 Å².